The van der Waals surface area contributed by atoms with E-state index in [1.165, 1.54) is 36.7 Å². The lowest BCUT2D eigenvalue weighted by Crippen LogP contribution is -2.24. The monoisotopic (exact) mass is 288 g/mol. The molecule has 0 bridgehead atoms. The summed E-state index contributed by atoms with van der Waals surface area (Å²) in [4.78, 5) is 22.4. The zero-order valence-electron chi connectivity index (χ0n) is 12.0. The Bertz CT molecular complexity index is 594. The van der Waals surface area contributed by atoms with Gasteiger partial charge in [0, 0.05) is 31.2 Å². The highest BCUT2D eigenvalue weighted by molar-refractivity contribution is 6.03. The molecule has 0 atom stereocenters. The molecule has 2 aromatic rings. The summed E-state index contributed by atoms with van der Waals surface area (Å²) >= 11 is 0. The predicted molar refractivity (Wildman–Crippen MR) is 79.9 cm³/mol. The van der Waals surface area contributed by atoms with Crippen molar-refractivity contribution in [2.75, 3.05) is 23.3 Å². The van der Waals surface area contributed by atoms with Crippen LogP contribution in [0.25, 0.3) is 0 Å². The normalized spacial score (nSPS) is 10.2. The van der Waals surface area contributed by atoms with Crippen molar-refractivity contribution in [3.05, 3.63) is 48.0 Å². The highest BCUT2D eigenvalue weighted by Gasteiger charge is 2.10. The number of anilines is 2. The largest absolute Gasteiger partial charge is 0.341 e. The van der Waals surface area contributed by atoms with Gasteiger partial charge < -0.3 is 10.2 Å². The molecule has 0 unspecified atom stereocenters. The first-order chi connectivity index (χ1) is 10.1. The summed E-state index contributed by atoms with van der Waals surface area (Å²) in [6, 6.07) is 5.57. The lowest BCUT2D eigenvalue weighted by Gasteiger charge is -2.17. The van der Waals surface area contributed by atoms with Gasteiger partial charge in [-0.3, -0.25) is 4.79 Å². The molecule has 1 aromatic carbocycles. The Kier molecular flexibility index (Phi) is 4.81. The third kappa shape index (κ3) is 3.75. The highest BCUT2D eigenvalue weighted by Crippen LogP contribution is 2.11. The maximum absolute atomic E-state index is 12.8. The first-order valence-corrected chi connectivity index (χ1v) is 6.78. The van der Waals surface area contributed by atoms with Crippen LogP contribution >= 0.6 is 0 Å². The summed E-state index contributed by atoms with van der Waals surface area (Å²) in [6.45, 7) is 5.64. The third-order valence-corrected chi connectivity index (χ3v) is 3.05. The Morgan fingerprint density at radius 1 is 1.14 bits per heavy atom. The smallest absolute Gasteiger partial charge is 0.258 e. The zero-order valence-corrected chi connectivity index (χ0v) is 12.0. The van der Waals surface area contributed by atoms with Gasteiger partial charge in [-0.15, -0.1) is 0 Å². The van der Waals surface area contributed by atoms with Crippen LogP contribution in [0.15, 0.2) is 36.7 Å². The molecule has 1 aromatic heterocycles. The second-order valence-electron chi connectivity index (χ2n) is 4.41. The van der Waals surface area contributed by atoms with E-state index in [0.717, 1.165) is 13.1 Å². The second kappa shape index (κ2) is 6.78. The second-order valence-corrected chi connectivity index (χ2v) is 4.41. The summed E-state index contributed by atoms with van der Waals surface area (Å²) in [6.07, 6.45) is 2.97. The summed E-state index contributed by atoms with van der Waals surface area (Å²) in [5, 5.41) is 2.66. The fourth-order valence-corrected chi connectivity index (χ4v) is 1.84. The Balaban J connectivity index is 2.07. The van der Waals surface area contributed by atoms with E-state index in [1.807, 2.05) is 18.7 Å². The number of benzene rings is 1. The minimum absolute atomic E-state index is 0.326. The molecule has 5 nitrogen and oxygen atoms in total. The lowest BCUT2D eigenvalue weighted by molar-refractivity contribution is 0.102. The van der Waals surface area contributed by atoms with E-state index in [9.17, 15) is 9.18 Å². The lowest BCUT2D eigenvalue weighted by atomic mass is 10.2. The van der Waals surface area contributed by atoms with Crippen LogP contribution < -0.4 is 10.2 Å². The Labute approximate surface area is 122 Å². The number of rotatable bonds is 5. The SMILES string of the molecule is CCN(CC)c1ncc(C(=O)Nc2ccc(F)cc2)cn1. The van der Waals surface area contributed by atoms with Gasteiger partial charge in [-0.2, -0.15) is 0 Å². The van der Waals surface area contributed by atoms with Crippen LogP contribution in [0.2, 0.25) is 0 Å². The number of nitrogens with one attached hydrogen (secondary N) is 1. The predicted octanol–water partition coefficient (Wildman–Crippen LogP) is 2.71. The molecule has 0 aliphatic carbocycles. The minimum Gasteiger partial charge on any atom is -0.341 e. The third-order valence-electron chi connectivity index (χ3n) is 3.05. The average molecular weight is 288 g/mol. The molecule has 0 spiro atoms. The molecule has 0 saturated carbocycles. The fourth-order valence-electron chi connectivity index (χ4n) is 1.84. The molecule has 1 amide bonds. The van der Waals surface area contributed by atoms with Crippen LogP contribution in [-0.2, 0) is 0 Å². The van der Waals surface area contributed by atoms with E-state index in [1.54, 1.807) is 0 Å². The number of carbonyl (C=O) groups is 1. The molecule has 110 valence electrons. The molecule has 0 aliphatic rings. The minimum atomic E-state index is -0.347. The molecule has 1 N–H and O–H groups in total. The van der Waals surface area contributed by atoms with E-state index in [4.69, 9.17) is 0 Å². The van der Waals surface area contributed by atoms with Gasteiger partial charge in [-0.05, 0) is 38.1 Å². The number of nitrogens with zero attached hydrogens (tertiary/aromatic N) is 3. The molecule has 0 saturated heterocycles. The first-order valence-electron chi connectivity index (χ1n) is 6.78. The molecule has 0 radical (unpaired) electrons. The van der Waals surface area contributed by atoms with Crippen LogP contribution in [0.3, 0.4) is 0 Å². The number of aromatic nitrogens is 2. The quantitative estimate of drug-likeness (QED) is 0.919. The number of hydrogen-bond donors (Lipinski definition) is 1. The van der Waals surface area contributed by atoms with E-state index >= 15 is 0 Å². The van der Waals surface area contributed by atoms with Gasteiger partial charge in [0.05, 0.1) is 5.56 Å². The van der Waals surface area contributed by atoms with Crippen molar-refractivity contribution >= 4 is 17.5 Å². The molecule has 21 heavy (non-hydrogen) atoms. The van der Waals surface area contributed by atoms with Gasteiger partial charge in [0.25, 0.3) is 5.91 Å². The molecule has 2 rings (SSSR count). The summed E-state index contributed by atoms with van der Waals surface area (Å²) in [7, 11) is 0. The number of halogens is 1. The van der Waals surface area contributed by atoms with E-state index < -0.39 is 0 Å². The van der Waals surface area contributed by atoms with E-state index in [0.29, 0.717) is 17.2 Å². The van der Waals surface area contributed by atoms with Crippen molar-refractivity contribution in [2.24, 2.45) is 0 Å². The molecular weight excluding hydrogens is 271 g/mol. The van der Waals surface area contributed by atoms with Crippen molar-refractivity contribution in [3.63, 3.8) is 0 Å². The van der Waals surface area contributed by atoms with E-state index in [2.05, 4.69) is 15.3 Å². The summed E-state index contributed by atoms with van der Waals surface area (Å²) in [5.74, 6) is -0.0778. The summed E-state index contributed by atoms with van der Waals surface area (Å²) < 4.78 is 12.8. The van der Waals surface area contributed by atoms with Crippen LogP contribution in [0, 0.1) is 5.82 Å². The van der Waals surface area contributed by atoms with Gasteiger partial charge in [0.2, 0.25) is 5.95 Å². The average Bonchev–Trinajstić information content (AvgIpc) is 2.51. The van der Waals surface area contributed by atoms with Crippen LogP contribution in [0.5, 0.6) is 0 Å². The molecule has 6 heteroatoms. The van der Waals surface area contributed by atoms with Crippen molar-refractivity contribution in [3.8, 4) is 0 Å². The van der Waals surface area contributed by atoms with Gasteiger partial charge in [-0.1, -0.05) is 0 Å². The van der Waals surface area contributed by atoms with Crippen LogP contribution in [0.4, 0.5) is 16.0 Å². The van der Waals surface area contributed by atoms with Gasteiger partial charge in [0.15, 0.2) is 0 Å². The Hall–Kier alpha value is -2.50. The topological polar surface area (TPSA) is 58.1 Å². The maximum atomic E-state index is 12.8. The number of amides is 1. The van der Waals surface area contributed by atoms with Crippen molar-refractivity contribution in [1.82, 2.24) is 9.97 Å². The molecule has 0 fully saturated rings. The summed E-state index contributed by atoms with van der Waals surface area (Å²) in [5.41, 5.74) is 0.879. The van der Waals surface area contributed by atoms with Crippen molar-refractivity contribution in [2.45, 2.75) is 13.8 Å². The highest BCUT2D eigenvalue weighted by atomic mass is 19.1. The first kappa shape index (κ1) is 14.9. The Morgan fingerprint density at radius 3 is 2.24 bits per heavy atom. The maximum Gasteiger partial charge on any atom is 0.258 e. The van der Waals surface area contributed by atoms with Gasteiger partial charge >= 0.3 is 0 Å². The van der Waals surface area contributed by atoms with E-state index in [-0.39, 0.29) is 11.7 Å². The van der Waals surface area contributed by atoms with Crippen molar-refractivity contribution < 1.29 is 9.18 Å². The fraction of sp³-hybridized carbons (Fsp3) is 0.267. The standard InChI is InChI=1S/C15H17FN4O/c1-3-20(4-2)15-17-9-11(10-18-15)14(21)19-13-7-5-12(16)6-8-13/h5-10H,3-4H2,1-2H3,(H,19,21). The van der Waals surface area contributed by atoms with Crippen LogP contribution in [0.1, 0.15) is 24.2 Å². The van der Waals surface area contributed by atoms with Crippen LogP contribution in [-0.4, -0.2) is 29.0 Å². The molecule has 1 heterocycles. The number of hydrogen-bond acceptors (Lipinski definition) is 4. The van der Waals surface area contributed by atoms with Gasteiger partial charge in [-0.25, -0.2) is 14.4 Å². The van der Waals surface area contributed by atoms with Crippen molar-refractivity contribution in [1.29, 1.82) is 0 Å². The zero-order chi connectivity index (χ0) is 15.2. The molecule has 0 aliphatic heterocycles. The Morgan fingerprint density at radius 2 is 1.71 bits per heavy atom. The number of carbonyl (C=O) groups excluding carboxylic acids is 1. The van der Waals surface area contributed by atoms with Gasteiger partial charge in [0.1, 0.15) is 5.82 Å². The molecular formula is C15H17FN4O.